The van der Waals surface area contributed by atoms with Gasteiger partial charge < -0.3 is 13.7 Å². The Kier molecular flexibility index (Phi) is 6.52. The maximum atomic E-state index is 9.77. The highest BCUT2D eigenvalue weighted by atomic mass is 28.3. The molecule has 0 radical (unpaired) electrons. The number of benzene rings is 11. The Balaban J connectivity index is 1.09. The first-order valence-electron chi connectivity index (χ1n) is 30.0. The second kappa shape index (κ2) is 16.1. The van der Waals surface area contributed by atoms with Gasteiger partial charge in [-0.05, 0) is 92.4 Å². The van der Waals surface area contributed by atoms with Crippen LogP contribution in [0.1, 0.15) is 19.2 Å². The third-order valence-electron chi connectivity index (χ3n) is 13.8. The van der Waals surface area contributed by atoms with Crippen LogP contribution in [0.25, 0.3) is 93.6 Å². The highest BCUT2D eigenvalue weighted by Crippen LogP contribution is 2.40. The first kappa shape index (κ1) is 28.4. The minimum atomic E-state index is -3.55. The molecule has 3 heterocycles. The van der Waals surface area contributed by atoms with Gasteiger partial charge in [-0.3, -0.25) is 0 Å². The van der Waals surface area contributed by atoms with Crippen LogP contribution in [-0.4, -0.2) is 21.8 Å². The lowest BCUT2D eigenvalue weighted by Gasteiger charge is -2.35. The van der Waals surface area contributed by atoms with Gasteiger partial charge in [-0.15, -0.1) is 0 Å². The Morgan fingerprint density at radius 3 is 1.50 bits per heavy atom. The van der Waals surface area contributed by atoms with Crippen molar-refractivity contribution in [2.24, 2.45) is 0 Å². The average molecular weight is 922 g/mol. The third-order valence-corrected chi connectivity index (χ3v) is 18.6. The number of hydrogen-bond donors (Lipinski definition) is 0. The summed E-state index contributed by atoms with van der Waals surface area (Å²) in [6.45, 7) is 0. The van der Waals surface area contributed by atoms with E-state index in [0.717, 1.165) is 64.1 Å². The lowest BCUT2D eigenvalue weighted by atomic mass is 10.1. The first-order chi connectivity index (χ1) is 40.6. The SMILES string of the molecule is [2H]c1c([2H])c([2H])c(-c2c([2H])c([2H])c(-n3c4ccccc4c4cccc(-n5c6ccccc6c6c([Si](c7ccccc7)(c7ccccc7)c7ccc8c(c7)c7ccccc7n8-c7c([2H])c([2H])c([2H])c([2H])c7[2H])cccc65)c43)c([2H])c2[2H])c([2H])c1[2H]. The summed E-state index contributed by atoms with van der Waals surface area (Å²) in [5.74, 6) is 0. The molecule has 0 amide bonds. The van der Waals surface area contributed by atoms with Crippen LogP contribution in [0.3, 0.4) is 0 Å². The van der Waals surface area contributed by atoms with Crippen LogP contribution in [0, 0.1) is 0 Å². The fraction of sp³-hybridized carbons (Fsp3) is 0. The average Bonchev–Trinajstić information content (AvgIpc) is 1.66. The molecule has 0 saturated carbocycles. The van der Waals surface area contributed by atoms with Gasteiger partial charge in [0.1, 0.15) is 0 Å². The van der Waals surface area contributed by atoms with Crippen molar-refractivity contribution in [2.75, 3.05) is 0 Å². The van der Waals surface area contributed by atoms with E-state index < -0.39 is 91.7 Å². The summed E-state index contributed by atoms with van der Waals surface area (Å²) >= 11 is 0. The molecule has 3 aromatic heterocycles. The topological polar surface area (TPSA) is 14.8 Å². The molecule has 14 rings (SSSR count). The second-order valence-corrected chi connectivity index (χ2v) is 21.1. The highest BCUT2D eigenvalue weighted by molar-refractivity contribution is 7.21. The Morgan fingerprint density at radius 2 is 0.814 bits per heavy atom. The summed E-state index contributed by atoms with van der Waals surface area (Å²) < 4.78 is 131. The van der Waals surface area contributed by atoms with Crippen molar-refractivity contribution >= 4 is 94.2 Å². The molecule has 0 saturated heterocycles. The maximum Gasteiger partial charge on any atom is 0.180 e. The molecular formula is C66H45N3Si. The largest absolute Gasteiger partial charge is 0.309 e. The monoisotopic (exact) mass is 921 g/mol. The number of nitrogens with zero attached hydrogens (tertiary/aromatic N) is 3. The summed E-state index contributed by atoms with van der Waals surface area (Å²) in [5, 5.41) is 9.42. The van der Waals surface area contributed by atoms with Gasteiger partial charge in [0.2, 0.25) is 0 Å². The fourth-order valence-electron chi connectivity index (χ4n) is 11.1. The van der Waals surface area contributed by atoms with Crippen molar-refractivity contribution in [3.63, 3.8) is 0 Å². The molecule has 0 fully saturated rings. The summed E-state index contributed by atoms with van der Waals surface area (Å²) in [4.78, 5) is 0. The molecule has 0 atom stereocenters. The van der Waals surface area contributed by atoms with Crippen LogP contribution in [0.2, 0.25) is 0 Å². The number of para-hydroxylation sites is 5. The van der Waals surface area contributed by atoms with Gasteiger partial charge in [-0.2, -0.15) is 0 Å². The molecule has 11 aromatic carbocycles. The van der Waals surface area contributed by atoms with E-state index in [1.165, 1.54) is 0 Å². The maximum absolute atomic E-state index is 9.77. The van der Waals surface area contributed by atoms with Crippen molar-refractivity contribution in [3.05, 3.63) is 273 Å². The number of hydrogen-bond acceptors (Lipinski definition) is 0. The van der Waals surface area contributed by atoms with E-state index in [1.54, 1.807) is 9.13 Å². The molecule has 70 heavy (non-hydrogen) atoms. The van der Waals surface area contributed by atoms with Gasteiger partial charge in [0, 0.05) is 43.7 Å². The molecule has 3 nitrogen and oxygen atoms in total. The van der Waals surface area contributed by atoms with Crippen LogP contribution in [0.5, 0.6) is 0 Å². The van der Waals surface area contributed by atoms with E-state index in [2.05, 4.69) is 95.6 Å². The van der Waals surface area contributed by atoms with E-state index in [9.17, 15) is 5.48 Å². The minimum Gasteiger partial charge on any atom is -0.309 e. The fourth-order valence-corrected chi connectivity index (χ4v) is 16.1. The molecule has 0 N–H and O–H groups in total. The number of aromatic nitrogens is 3. The molecular weight excluding hydrogens is 863 g/mol. The molecule has 14 aromatic rings. The molecule has 0 unspecified atom stereocenters. The summed E-state index contributed by atoms with van der Waals surface area (Å²) in [6.07, 6.45) is 0. The van der Waals surface area contributed by atoms with Crippen molar-refractivity contribution in [2.45, 2.75) is 0 Å². The predicted molar refractivity (Wildman–Crippen MR) is 299 cm³/mol. The zero-order chi connectivity index (χ0) is 58.4. The van der Waals surface area contributed by atoms with Crippen molar-refractivity contribution in [3.8, 4) is 28.2 Å². The molecule has 0 bridgehead atoms. The lowest BCUT2D eigenvalue weighted by molar-refractivity contribution is 1.13. The van der Waals surface area contributed by atoms with E-state index in [4.69, 9.17) is 13.7 Å². The number of fused-ring (bicyclic) bond motifs is 9. The molecule has 4 heteroatoms. The summed E-state index contributed by atoms with van der Waals surface area (Å²) in [5.41, 5.74) is 4.07. The molecule has 0 aliphatic carbocycles. The third kappa shape index (κ3) is 5.94. The summed E-state index contributed by atoms with van der Waals surface area (Å²) in [6, 6.07) is 56.1. The van der Waals surface area contributed by atoms with Crippen LogP contribution in [0.4, 0.5) is 0 Å². The van der Waals surface area contributed by atoms with E-state index in [-0.39, 0.29) is 23.5 Å². The smallest absolute Gasteiger partial charge is 0.180 e. The first-order valence-corrected chi connectivity index (χ1v) is 25.0. The van der Waals surface area contributed by atoms with E-state index in [0.29, 0.717) is 27.8 Å². The molecule has 0 aliphatic rings. The van der Waals surface area contributed by atoms with E-state index in [1.807, 2.05) is 97.1 Å². The Labute approximate surface area is 426 Å². The van der Waals surface area contributed by atoms with Crippen LogP contribution < -0.4 is 20.7 Å². The normalized spacial score (nSPS) is 14.8. The van der Waals surface area contributed by atoms with Crippen LogP contribution in [0.15, 0.2) is 273 Å². The van der Waals surface area contributed by atoms with Crippen LogP contribution >= 0.6 is 0 Å². The lowest BCUT2D eigenvalue weighted by Crippen LogP contribution is -2.74. The molecule has 328 valence electrons. The highest BCUT2D eigenvalue weighted by Gasteiger charge is 2.43. The van der Waals surface area contributed by atoms with Gasteiger partial charge in [-0.1, -0.05) is 212 Å². The zero-order valence-corrected chi connectivity index (χ0v) is 38.2. The van der Waals surface area contributed by atoms with Crippen molar-refractivity contribution < 1.29 is 19.2 Å². The van der Waals surface area contributed by atoms with Gasteiger partial charge in [-0.25, -0.2) is 0 Å². The number of rotatable bonds is 8. The second-order valence-electron chi connectivity index (χ2n) is 17.3. The van der Waals surface area contributed by atoms with Gasteiger partial charge in [0.25, 0.3) is 0 Å². The Hall–Kier alpha value is -8.96. The van der Waals surface area contributed by atoms with Gasteiger partial charge >= 0.3 is 0 Å². The van der Waals surface area contributed by atoms with Gasteiger partial charge in [0.05, 0.1) is 58.0 Å². The predicted octanol–water partition coefficient (Wildman–Crippen LogP) is 14.0. The quantitative estimate of drug-likeness (QED) is 0.107. The Morgan fingerprint density at radius 1 is 0.314 bits per heavy atom. The standard InChI is InChI=1S/C66H45N3Si/c1-5-21-46(22-6-1)47-39-41-49(42-40-47)68-59-34-17-13-29-53(59)55-32-19-37-63(66(55)68)69-60-35-18-15-31-56(60)65-62(69)36-20-38-64(65)70(50-25-9-3-10-26-50,51-27-11-4-12-28-51)52-43-44-61-57(45-52)54-30-14-16-33-58(54)67(61)48-23-7-2-8-24-48/h1-45H/i1D,2D,5D,6D,7D,8D,21D,22D,23D,24D,39D,40D,41D,42D. The Bertz CT molecular complexity index is 5020. The minimum absolute atomic E-state index is 0.0600. The van der Waals surface area contributed by atoms with Gasteiger partial charge in [0.15, 0.2) is 8.07 Å². The molecule has 0 aliphatic heterocycles. The van der Waals surface area contributed by atoms with E-state index >= 15 is 0 Å². The zero-order valence-electron chi connectivity index (χ0n) is 51.2. The van der Waals surface area contributed by atoms with Crippen molar-refractivity contribution in [1.82, 2.24) is 13.7 Å². The van der Waals surface area contributed by atoms with Crippen LogP contribution in [-0.2, 0) is 0 Å². The summed E-state index contributed by atoms with van der Waals surface area (Å²) in [7, 11) is -3.55. The van der Waals surface area contributed by atoms with Crippen molar-refractivity contribution in [1.29, 1.82) is 0 Å². The molecule has 0 spiro atoms.